The molecule has 0 unspecified atom stereocenters. The molecule has 17 heavy (non-hydrogen) atoms. The molecule has 0 fully saturated rings. The summed E-state index contributed by atoms with van der Waals surface area (Å²) in [7, 11) is 2.89. The highest BCUT2D eigenvalue weighted by molar-refractivity contribution is 9.10. The Bertz CT molecular complexity index is 432. The first-order chi connectivity index (χ1) is 7.71. The van der Waals surface area contributed by atoms with Crippen molar-refractivity contribution in [2.75, 3.05) is 19.4 Å². The first-order valence-corrected chi connectivity index (χ1v) is 5.36. The van der Waals surface area contributed by atoms with Crippen LogP contribution in [0.4, 0.5) is 23.7 Å². The smallest absolute Gasteiger partial charge is 0.331 e. The summed E-state index contributed by atoms with van der Waals surface area (Å²) in [6.45, 7) is 0. The van der Waals surface area contributed by atoms with Crippen LogP contribution in [-0.2, 0) is 6.18 Å². The number of rotatable bonds is 1. The third kappa shape index (κ3) is 3.62. The molecule has 0 spiro atoms. The maximum Gasteiger partial charge on any atom is 0.418 e. The zero-order chi connectivity index (χ0) is 13.2. The van der Waals surface area contributed by atoms with Crippen LogP contribution in [0.3, 0.4) is 0 Å². The van der Waals surface area contributed by atoms with Crippen LogP contribution >= 0.6 is 15.9 Å². The van der Waals surface area contributed by atoms with E-state index in [4.69, 9.17) is 0 Å². The lowest BCUT2D eigenvalue weighted by Crippen LogP contribution is -2.28. The van der Waals surface area contributed by atoms with Crippen molar-refractivity contribution in [1.29, 1.82) is 0 Å². The molecular weight excluding hydrogens is 301 g/mol. The zero-order valence-electron chi connectivity index (χ0n) is 9.10. The third-order valence-electron chi connectivity index (χ3n) is 1.93. The van der Waals surface area contributed by atoms with E-state index in [1.807, 2.05) is 0 Å². The van der Waals surface area contributed by atoms with E-state index in [1.54, 1.807) is 0 Å². The number of alkyl halides is 3. The zero-order valence-corrected chi connectivity index (χ0v) is 10.7. The predicted molar refractivity (Wildman–Crippen MR) is 61.8 cm³/mol. The molecule has 0 heterocycles. The topological polar surface area (TPSA) is 32.3 Å². The lowest BCUT2D eigenvalue weighted by molar-refractivity contribution is -0.137. The van der Waals surface area contributed by atoms with Crippen LogP contribution in [0.25, 0.3) is 0 Å². The van der Waals surface area contributed by atoms with Gasteiger partial charge in [-0.25, -0.2) is 4.79 Å². The van der Waals surface area contributed by atoms with Crippen molar-refractivity contribution in [3.63, 3.8) is 0 Å². The number of hydrogen-bond donors (Lipinski definition) is 1. The number of halogens is 4. The van der Waals surface area contributed by atoms with Gasteiger partial charge in [0.05, 0.1) is 11.3 Å². The highest BCUT2D eigenvalue weighted by Gasteiger charge is 2.34. The molecule has 1 N–H and O–H groups in total. The Balaban J connectivity index is 3.12. The van der Waals surface area contributed by atoms with Gasteiger partial charge in [0.15, 0.2) is 0 Å². The highest BCUT2D eigenvalue weighted by atomic mass is 79.9. The summed E-state index contributed by atoms with van der Waals surface area (Å²) in [5.41, 5.74) is -1.15. The van der Waals surface area contributed by atoms with E-state index in [0.29, 0.717) is 4.47 Å². The number of urea groups is 1. The van der Waals surface area contributed by atoms with E-state index < -0.39 is 17.8 Å². The second kappa shape index (κ2) is 4.95. The predicted octanol–water partition coefficient (Wildman–Crippen LogP) is 3.56. The molecule has 0 atom stereocenters. The van der Waals surface area contributed by atoms with Crippen molar-refractivity contribution >= 4 is 27.6 Å². The Morgan fingerprint density at radius 3 is 2.41 bits per heavy atom. The van der Waals surface area contributed by atoms with E-state index in [-0.39, 0.29) is 5.69 Å². The monoisotopic (exact) mass is 310 g/mol. The van der Waals surface area contributed by atoms with Crippen molar-refractivity contribution in [2.45, 2.75) is 6.18 Å². The number of nitrogens with zero attached hydrogens (tertiary/aromatic N) is 1. The summed E-state index contributed by atoms with van der Waals surface area (Å²) in [4.78, 5) is 12.5. The van der Waals surface area contributed by atoms with E-state index in [2.05, 4.69) is 21.2 Å². The standard InChI is InChI=1S/C10H10BrF3N2O/c1-16(2)9(17)15-8-4-3-6(11)5-7(8)10(12,13)14/h3-5H,1-2H3,(H,15,17). The van der Waals surface area contributed by atoms with Crippen LogP contribution in [0.2, 0.25) is 0 Å². The molecule has 0 radical (unpaired) electrons. The molecule has 0 aromatic heterocycles. The molecule has 0 aliphatic carbocycles. The first-order valence-electron chi connectivity index (χ1n) is 4.57. The molecule has 1 aromatic carbocycles. The van der Waals surface area contributed by atoms with E-state index in [0.717, 1.165) is 11.0 Å². The number of nitrogens with one attached hydrogen (secondary N) is 1. The molecule has 0 aliphatic heterocycles. The number of hydrogen-bond acceptors (Lipinski definition) is 1. The molecular formula is C10H10BrF3N2O. The SMILES string of the molecule is CN(C)C(=O)Nc1ccc(Br)cc1C(F)(F)F. The van der Waals surface area contributed by atoms with Crippen molar-refractivity contribution in [1.82, 2.24) is 4.90 Å². The molecule has 1 rings (SSSR count). The maximum atomic E-state index is 12.7. The Labute approximate surface area is 105 Å². The van der Waals surface area contributed by atoms with Crippen molar-refractivity contribution in [2.24, 2.45) is 0 Å². The molecule has 0 saturated carbocycles. The fourth-order valence-corrected chi connectivity index (χ4v) is 1.45. The van der Waals surface area contributed by atoms with Gasteiger partial charge in [-0.1, -0.05) is 15.9 Å². The van der Waals surface area contributed by atoms with Crippen molar-refractivity contribution in [3.05, 3.63) is 28.2 Å². The van der Waals surface area contributed by atoms with Gasteiger partial charge in [-0.2, -0.15) is 13.2 Å². The fraction of sp³-hybridized carbons (Fsp3) is 0.300. The summed E-state index contributed by atoms with van der Waals surface area (Å²) in [5, 5.41) is 2.19. The average Bonchev–Trinajstić information content (AvgIpc) is 2.18. The van der Waals surface area contributed by atoms with Crippen LogP contribution in [0, 0.1) is 0 Å². The lowest BCUT2D eigenvalue weighted by Gasteiger charge is -2.16. The summed E-state index contributed by atoms with van der Waals surface area (Å²) < 4.78 is 38.4. The van der Waals surface area contributed by atoms with Crippen LogP contribution in [-0.4, -0.2) is 25.0 Å². The molecule has 1 aromatic rings. The molecule has 0 saturated heterocycles. The van der Waals surface area contributed by atoms with Gasteiger partial charge in [-0.15, -0.1) is 0 Å². The second-order valence-corrected chi connectivity index (χ2v) is 4.43. The first kappa shape index (κ1) is 13.8. The Morgan fingerprint density at radius 1 is 1.35 bits per heavy atom. The second-order valence-electron chi connectivity index (χ2n) is 3.51. The minimum Gasteiger partial charge on any atom is -0.331 e. The van der Waals surface area contributed by atoms with Crippen molar-refractivity contribution in [3.8, 4) is 0 Å². The number of anilines is 1. The highest BCUT2D eigenvalue weighted by Crippen LogP contribution is 2.36. The van der Waals surface area contributed by atoms with Crippen LogP contribution < -0.4 is 5.32 Å². The largest absolute Gasteiger partial charge is 0.418 e. The molecule has 94 valence electrons. The van der Waals surface area contributed by atoms with E-state index in [1.165, 1.54) is 26.2 Å². The van der Waals surface area contributed by atoms with Crippen LogP contribution in [0.5, 0.6) is 0 Å². The van der Waals surface area contributed by atoms with Crippen LogP contribution in [0.15, 0.2) is 22.7 Å². The van der Waals surface area contributed by atoms with Gasteiger partial charge in [0.2, 0.25) is 0 Å². The van der Waals surface area contributed by atoms with Crippen molar-refractivity contribution < 1.29 is 18.0 Å². The summed E-state index contributed by atoms with van der Waals surface area (Å²) in [6, 6.07) is 2.94. The number of carbonyl (C=O) groups is 1. The molecule has 2 amide bonds. The molecule has 0 bridgehead atoms. The molecule has 7 heteroatoms. The van der Waals surface area contributed by atoms with Gasteiger partial charge < -0.3 is 10.2 Å². The Hall–Kier alpha value is -1.24. The van der Waals surface area contributed by atoms with E-state index >= 15 is 0 Å². The van der Waals surface area contributed by atoms with Gasteiger partial charge >= 0.3 is 12.2 Å². The lowest BCUT2D eigenvalue weighted by atomic mass is 10.1. The maximum absolute atomic E-state index is 12.7. The number of amides is 2. The van der Waals surface area contributed by atoms with Gasteiger partial charge in [0, 0.05) is 18.6 Å². The minimum atomic E-state index is -4.52. The normalized spacial score (nSPS) is 11.2. The van der Waals surface area contributed by atoms with Gasteiger partial charge in [0.25, 0.3) is 0 Å². The Kier molecular flexibility index (Phi) is 4.03. The third-order valence-corrected chi connectivity index (χ3v) is 2.43. The minimum absolute atomic E-state index is 0.264. The average molecular weight is 311 g/mol. The number of benzene rings is 1. The fourth-order valence-electron chi connectivity index (χ4n) is 1.09. The summed E-state index contributed by atoms with van der Waals surface area (Å²) in [6.07, 6.45) is -4.52. The van der Waals surface area contributed by atoms with Gasteiger partial charge in [0.1, 0.15) is 0 Å². The molecule has 3 nitrogen and oxygen atoms in total. The van der Waals surface area contributed by atoms with Gasteiger partial charge in [-0.3, -0.25) is 0 Å². The Morgan fingerprint density at radius 2 is 1.94 bits per heavy atom. The van der Waals surface area contributed by atoms with Gasteiger partial charge in [-0.05, 0) is 18.2 Å². The summed E-state index contributed by atoms with van der Waals surface area (Å²) in [5.74, 6) is 0. The van der Waals surface area contributed by atoms with Crippen LogP contribution in [0.1, 0.15) is 5.56 Å². The summed E-state index contributed by atoms with van der Waals surface area (Å²) >= 11 is 2.96. The molecule has 0 aliphatic rings. The van der Waals surface area contributed by atoms with E-state index in [9.17, 15) is 18.0 Å². The quantitative estimate of drug-likeness (QED) is 0.845. The number of carbonyl (C=O) groups excluding carboxylic acids is 1.